The van der Waals surface area contributed by atoms with E-state index >= 15 is 0 Å². The van der Waals surface area contributed by atoms with Crippen molar-refractivity contribution in [3.05, 3.63) is 30.3 Å². The Kier molecular flexibility index (Phi) is 7.05. The summed E-state index contributed by atoms with van der Waals surface area (Å²) in [6.45, 7) is 1.06. The van der Waals surface area contributed by atoms with Crippen LogP contribution in [0.4, 0.5) is 0 Å². The Morgan fingerprint density at radius 2 is 2.00 bits per heavy atom. The molecule has 2 rings (SSSR count). The molecule has 1 atom stereocenters. The van der Waals surface area contributed by atoms with Crippen molar-refractivity contribution in [1.29, 1.82) is 0 Å². The van der Waals surface area contributed by atoms with Gasteiger partial charge in [-0.05, 0) is 12.1 Å². The van der Waals surface area contributed by atoms with Gasteiger partial charge in [0.1, 0.15) is 25.0 Å². The molecule has 0 bridgehead atoms. The number of piperazine rings is 1. The molecule has 130 valence electrons. The van der Waals surface area contributed by atoms with Crippen LogP contribution < -0.4 is 10.1 Å². The van der Waals surface area contributed by atoms with Crippen LogP contribution in [0.5, 0.6) is 5.75 Å². The van der Waals surface area contributed by atoms with E-state index in [1.165, 1.54) is 4.90 Å². The number of esters is 1. The fourth-order valence-electron chi connectivity index (χ4n) is 2.34. The molecule has 0 saturated carbocycles. The summed E-state index contributed by atoms with van der Waals surface area (Å²) in [6, 6.07) is 8.35. The molecular formula is C16H19BrN2O5. The van der Waals surface area contributed by atoms with Crippen molar-refractivity contribution in [2.24, 2.45) is 0 Å². The van der Waals surface area contributed by atoms with Crippen molar-refractivity contribution in [2.45, 2.75) is 12.5 Å². The first kappa shape index (κ1) is 18.3. The number of benzene rings is 1. The van der Waals surface area contributed by atoms with E-state index in [0.717, 1.165) is 0 Å². The average molecular weight is 399 g/mol. The number of carbonyl (C=O) groups is 3. The van der Waals surface area contributed by atoms with E-state index in [4.69, 9.17) is 9.47 Å². The van der Waals surface area contributed by atoms with Gasteiger partial charge in [0, 0.05) is 13.1 Å². The summed E-state index contributed by atoms with van der Waals surface area (Å²) >= 11 is 3.08. The minimum atomic E-state index is -0.827. The summed E-state index contributed by atoms with van der Waals surface area (Å²) in [5.41, 5.74) is 0. The highest BCUT2D eigenvalue weighted by atomic mass is 79.9. The molecule has 0 aliphatic carbocycles. The molecule has 0 aromatic heterocycles. The van der Waals surface area contributed by atoms with Gasteiger partial charge >= 0.3 is 5.97 Å². The number of alkyl halides is 1. The van der Waals surface area contributed by atoms with Crippen LogP contribution in [-0.2, 0) is 19.1 Å². The Labute approximate surface area is 148 Å². The summed E-state index contributed by atoms with van der Waals surface area (Å²) < 4.78 is 10.5. The van der Waals surface area contributed by atoms with E-state index in [2.05, 4.69) is 21.2 Å². The van der Waals surface area contributed by atoms with Gasteiger partial charge in [-0.3, -0.25) is 14.4 Å². The quantitative estimate of drug-likeness (QED) is 0.415. The first-order chi connectivity index (χ1) is 11.6. The minimum Gasteiger partial charge on any atom is -0.490 e. The lowest BCUT2D eigenvalue weighted by molar-refractivity contribution is -0.151. The number of rotatable bonds is 7. The van der Waals surface area contributed by atoms with Gasteiger partial charge in [-0.25, -0.2) is 0 Å². The Morgan fingerprint density at radius 1 is 1.25 bits per heavy atom. The number of halogens is 1. The van der Waals surface area contributed by atoms with Gasteiger partial charge in [0.15, 0.2) is 0 Å². The summed E-state index contributed by atoms with van der Waals surface area (Å²) in [5.74, 6) is -0.418. The van der Waals surface area contributed by atoms with Crippen molar-refractivity contribution in [1.82, 2.24) is 10.2 Å². The maximum atomic E-state index is 11.9. The van der Waals surface area contributed by atoms with Gasteiger partial charge in [-0.15, -0.1) is 0 Å². The molecule has 1 heterocycles. The Balaban J connectivity index is 1.77. The molecule has 1 saturated heterocycles. The lowest BCUT2D eigenvalue weighted by Crippen LogP contribution is -2.58. The van der Waals surface area contributed by atoms with Crippen LogP contribution in [-0.4, -0.2) is 60.4 Å². The number of nitrogens with one attached hydrogen (secondary N) is 1. The largest absolute Gasteiger partial charge is 0.490 e. The van der Waals surface area contributed by atoms with Gasteiger partial charge in [-0.2, -0.15) is 0 Å². The Morgan fingerprint density at radius 3 is 2.71 bits per heavy atom. The SMILES string of the molecule is O=C(C[C@@H]1C(=O)NCCN1C(=O)CBr)OCCOc1ccccc1. The molecule has 2 amide bonds. The molecule has 1 N–H and O–H groups in total. The van der Waals surface area contributed by atoms with Crippen molar-refractivity contribution in [3.63, 3.8) is 0 Å². The summed E-state index contributed by atoms with van der Waals surface area (Å²) in [4.78, 5) is 37.1. The van der Waals surface area contributed by atoms with E-state index in [9.17, 15) is 14.4 Å². The summed E-state index contributed by atoms with van der Waals surface area (Å²) in [5, 5.41) is 2.76. The number of nitrogens with zero attached hydrogens (tertiary/aromatic N) is 1. The zero-order valence-electron chi connectivity index (χ0n) is 13.1. The van der Waals surface area contributed by atoms with Gasteiger partial charge in [0.05, 0.1) is 11.8 Å². The first-order valence-corrected chi connectivity index (χ1v) is 8.70. The third kappa shape index (κ3) is 5.23. The number of amides is 2. The highest BCUT2D eigenvalue weighted by Gasteiger charge is 2.34. The molecular weight excluding hydrogens is 380 g/mol. The zero-order chi connectivity index (χ0) is 17.4. The molecule has 1 aromatic rings. The normalized spacial score (nSPS) is 17.1. The number of para-hydroxylation sites is 1. The second-order valence-electron chi connectivity index (χ2n) is 5.11. The van der Waals surface area contributed by atoms with Crippen molar-refractivity contribution in [2.75, 3.05) is 31.6 Å². The molecule has 1 aliphatic heterocycles. The van der Waals surface area contributed by atoms with Crippen LogP contribution in [0.25, 0.3) is 0 Å². The topological polar surface area (TPSA) is 84.9 Å². The second-order valence-corrected chi connectivity index (χ2v) is 5.67. The number of hydrogen-bond acceptors (Lipinski definition) is 5. The monoisotopic (exact) mass is 398 g/mol. The third-order valence-electron chi connectivity index (χ3n) is 3.48. The van der Waals surface area contributed by atoms with Crippen LogP contribution in [0, 0.1) is 0 Å². The molecule has 1 aromatic carbocycles. The fourth-order valence-corrected chi connectivity index (χ4v) is 2.66. The first-order valence-electron chi connectivity index (χ1n) is 7.58. The average Bonchev–Trinajstić information content (AvgIpc) is 2.60. The standard InChI is InChI=1S/C16H19BrN2O5/c17-11-14(20)19-7-6-18-16(22)13(19)10-15(21)24-9-8-23-12-4-2-1-3-5-12/h1-5,13H,6-11H2,(H,18,22)/t13-/m1/s1. The van der Waals surface area contributed by atoms with Crippen molar-refractivity contribution in [3.8, 4) is 5.75 Å². The van der Waals surface area contributed by atoms with Crippen LogP contribution in [0.15, 0.2) is 30.3 Å². The molecule has 0 spiro atoms. The molecule has 7 nitrogen and oxygen atoms in total. The maximum absolute atomic E-state index is 11.9. The Hall–Kier alpha value is -2.09. The molecule has 0 unspecified atom stereocenters. The molecule has 24 heavy (non-hydrogen) atoms. The minimum absolute atomic E-state index is 0.0778. The molecule has 8 heteroatoms. The molecule has 1 aliphatic rings. The van der Waals surface area contributed by atoms with Crippen molar-refractivity contribution >= 4 is 33.7 Å². The molecule has 0 radical (unpaired) electrons. The van der Waals surface area contributed by atoms with Gasteiger partial charge in [0.2, 0.25) is 11.8 Å². The smallest absolute Gasteiger partial charge is 0.308 e. The van der Waals surface area contributed by atoms with Gasteiger partial charge in [-0.1, -0.05) is 34.1 Å². The van der Waals surface area contributed by atoms with Crippen LogP contribution in [0.3, 0.4) is 0 Å². The van der Waals surface area contributed by atoms with E-state index in [-0.39, 0.29) is 36.8 Å². The highest BCUT2D eigenvalue weighted by molar-refractivity contribution is 9.09. The van der Waals surface area contributed by atoms with Crippen molar-refractivity contribution < 1.29 is 23.9 Å². The lowest BCUT2D eigenvalue weighted by atomic mass is 10.1. The zero-order valence-corrected chi connectivity index (χ0v) is 14.7. The number of carbonyl (C=O) groups excluding carboxylic acids is 3. The maximum Gasteiger partial charge on any atom is 0.308 e. The van der Waals surface area contributed by atoms with E-state index in [0.29, 0.717) is 18.8 Å². The van der Waals surface area contributed by atoms with Crippen LogP contribution in [0.2, 0.25) is 0 Å². The third-order valence-corrected chi connectivity index (χ3v) is 3.96. The number of hydrogen-bond donors (Lipinski definition) is 1. The van der Waals surface area contributed by atoms with E-state index < -0.39 is 12.0 Å². The predicted octanol–water partition coefficient (Wildman–Crippen LogP) is 0.721. The Bertz CT molecular complexity index is 581. The van der Waals surface area contributed by atoms with Gasteiger partial charge < -0.3 is 19.7 Å². The van der Waals surface area contributed by atoms with Gasteiger partial charge in [0.25, 0.3) is 0 Å². The number of ether oxygens (including phenoxy) is 2. The predicted molar refractivity (Wildman–Crippen MR) is 89.8 cm³/mol. The highest BCUT2D eigenvalue weighted by Crippen LogP contribution is 2.12. The summed E-state index contributed by atoms with van der Waals surface area (Å²) in [6.07, 6.45) is -0.171. The second kappa shape index (κ2) is 9.27. The summed E-state index contributed by atoms with van der Waals surface area (Å²) in [7, 11) is 0. The van der Waals surface area contributed by atoms with E-state index in [1.54, 1.807) is 12.1 Å². The van der Waals surface area contributed by atoms with E-state index in [1.807, 2.05) is 18.2 Å². The van der Waals surface area contributed by atoms with Crippen LogP contribution >= 0.6 is 15.9 Å². The lowest BCUT2D eigenvalue weighted by Gasteiger charge is -2.34. The van der Waals surface area contributed by atoms with Crippen LogP contribution in [0.1, 0.15) is 6.42 Å². The molecule has 1 fully saturated rings. The fraction of sp³-hybridized carbons (Fsp3) is 0.438.